The molecule has 0 N–H and O–H groups in total. The zero-order valence-corrected chi connectivity index (χ0v) is 11.5. The van der Waals surface area contributed by atoms with E-state index >= 15 is 0 Å². The normalized spacial score (nSPS) is 10.4. The first kappa shape index (κ1) is 14.1. The molecule has 0 aromatic heterocycles. The molecule has 0 aliphatic rings. The van der Waals surface area contributed by atoms with Crippen LogP contribution < -0.4 is 4.90 Å². The van der Waals surface area contributed by atoms with E-state index in [1.54, 1.807) is 30.9 Å². The Morgan fingerprint density at radius 2 is 2.12 bits per heavy atom. The molecule has 92 valence electrons. The fourth-order valence-corrected chi connectivity index (χ4v) is 2.42. The average molecular weight is 272 g/mol. The lowest BCUT2D eigenvalue weighted by molar-refractivity contribution is -0.107. The number of halogens is 1. The molecule has 0 fully saturated rings. The Balaban J connectivity index is 3.20. The van der Waals surface area contributed by atoms with Gasteiger partial charge in [-0.05, 0) is 29.8 Å². The van der Waals surface area contributed by atoms with Crippen molar-refractivity contribution in [1.82, 2.24) is 0 Å². The molecule has 0 saturated heterocycles. The van der Waals surface area contributed by atoms with E-state index in [0.29, 0.717) is 22.9 Å². The Labute approximate surface area is 110 Å². The molecule has 1 aromatic rings. The van der Waals surface area contributed by atoms with Gasteiger partial charge in [0.05, 0.1) is 5.69 Å². The number of hydrogen-bond donors (Lipinski definition) is 0. The highest BCUT2D eigenvalue weighted by Gasteiger charge is 2.12. The topological polar surface area (TPSA) is 37.4 Å². The summed E-state index contributed by atoms with van der Waals surface area (Å²) in [6, 6.07) is 5.12. The van der Waals surface area contributed by atoms with E-state index in [0.717, 1.165) is 4.90 Å². The van der Waals surface area contributed by atoms with E-state index in [9.17, 15) is 9.59 Å². The molecule has 0 unspecified atom stereocenters. The van der Waals surface area contributed by atoms with Crippen LogP contribution in [0.5, 0.6) is 0 Å². The number of amides is 1. The summed E-state index contributed by atoms with van der Waals surface area (Å²) in [5.74, 6) is 0. The van der Waals surface area contributed by atoms with Gasteiger partial charge in [0, 0.05) is 22.8 Å². The molecule has 0 aliphatic heterocycles. The third-order valence-electron chi connectivity index (χ3n) is 2.09. The number of hydrogen-bond acceptors (Lipinski definition) is 3. The molecule has 0 atom stereocenters. The van der Waals surface area contributed by atoms with Gasteiger partial charge in [-0.3, -0.25) is 9.59 Å². The zero-order valence-electron chi connectivity index (χ0n) is 9.94. The Hall–Kier alpha value is -1.00. The van der Waals surface area contributed by atoms with E-state index in [2.05, 4.69) is 13.8 Å². The van der Waals surface area contributed by atoms with Crippen molar-refractivity contribution in [2.45, 2.75) is 24.0 Å². The fraction of sp³-hybridized carbons (Fsp3) is 0.333. The lowest BCUT2D eigenvalue weighted by atomic mass is 10.2. The molecule has 0 aliphatic carbocycles. The largest absolute Gasteiger partial charge is 0.317 e. The predicted molar refractivity (Wildman–Crippen MR) is 72.1 cm³/mol. The maximum Gasteiger partial charge on any atom is 0.252 e. The van der Waals surface area contributed by atoms with E-state index in [-0.39, 0.29) is 0 Å². The second-order valence-electron chi connectivity index (χ2n) is 3.84. The average Bonchev–Trinajstić information content (AvgIpc) is 2.27. The van der Waals surface area contributed by atoms with Crippen molar-refractivity contribution in [3.05, 3.63) is 23.8 Å². The summed E-state index contributed by atoms with van der Waals surface area (Å²) in [6.07, 6.45) is 0.711. The van der Waals surface area contributed by atoms with Crippen LogP contribution >= 0.6 is 23.4 Å². The first-order valence-corrected chi connectivity index (χ1v) is 6.40. The van der Waals surface area contributed by atoms with Gasteiger partial charge in [-0.2, -0.15) is 0 Å². The summed E-state index contributed by atoms with van der Waals surface area (Å²) in [4.78, 5) is 24.3. The van der Waals surface area contributed by atoms with Gasteiger partial charge in [0.1, 0.15) is 0 Å². The smallest absolute Gasteiger partial charge is 0.252 e. The van der Waals surface area contributed by atoms with E-state index < -0.39 is 5.24 Å². The number of rotatable bonds is 5. The molecular formula is C12H14ClNO2S. The second-order valence-corrected chi connectivity index (χ2v) is 5.80. The molecule has 0 spiro atoms. The van der Waals surface area contributed by atoms with Gasteiger partial charge in [0.2, 0.25) is 6.41 Å². The van der Waals surface area contributed by atoms with Gasteiger partial charge in [-0.25, -0.2) is 0 Å². The third kappa shape index (κ3) is 3.75. The van der Waals surface area contributed by atoms with Crippen LogP contribution in [-0.2, 0) is 4.79 Å². The monoisotopic (exact) mass is 271 g/mol. The first-order chi connectivity index (χ1) is 7.95. The summed E-state index contributed by atoms with van der Waals surface area (Å²) < 4.78 is 0. The van der Waals surface area contributed by atoms with Crippen molar-refractivity contribution in [3.8, 4) is 0 Å². The Bertz CT molecular complexity index is 435. The summed E-state index contributed by atoms with van der Waals surface area (Å²) in [6.45, 7) is 4.13. The molecule has 3 nitrogen and oxygen atoms in total. The molecule has 1 aromatic carbocycles. The molecule has 0 saturated carbocycles. The highest BCUT2D eigenvalue weighted by Crippen LogP contribution is 2.33. The lowest BCUT2D eigenvalue weighted by Gasteiger charge is -2.17. The van der Waals surface area contributed by atoms with Crippen LogP contribution in [0.15, 0.2) is 23.1 Å². The molecule has 1 amide bonds. The summed E-state index contributed by atoms with van der Waals surface area (Å²) in [5, 5.41) is -0.127. The first-order valence-electron chi connectivity index (χ1n) is 5.14. The van der Waals surface area contributed by atoms with Crippen molar-refractivity contribution in [2.24, 2.45) is 0 Å². The van der Waals surface area contributed by atoms with E-state index in [4.69, 9.17) is 11.6 Å². The Morgan fingerprint density at radius 1 is 1.47 bits per heavy atom. The van der Waals surface area contributed by atoms with Gasteiger partial charge >= 0.3 is 0 Å². The number of anilines is 1. The summed E-state index contributed by atoms with van der Waals surface area (Å²) >= 11 is 7.06. The number of carbonyl (C=O) groups is 2. The quantitative estimate of drug-likeness (QED) is 0.469. The number of thioether (sulfide) groups is 1. The zero-order chi connectivity index (χ0) is 13.0. The SMILES string of the molecule is CC(C)Sc1ccc(C(=O)Cl)cc1N(C)C=O. The fourth-order valence-electron chi connectivity index (χ4n) is 1.33. The van der Waals surface area contributed by atoms with Crippen LogP contribution in [-0.4, -0.2) is 24.0 Å². The number of carbonyl (C=O) groups excluding carboxylic acids is 2. The molecule has 17 heavy (non-hydrogen) atoms. The van der Waals surface area contributed by atoms with Crippen molar-refractivity contribution in [2.75, 3.05) is 11.9 Å². The second kappa shape index (κ2) is 6.07. The van der Waals surface area contributed by atoms with Crippen LogP contribution in [0, 0.1) is 0 Å². The van der Waals surface area contributed by atoms with Crippen molar-refractivity contribution in [1.29, 1.82) is 0 Å². The Kier molecular flexibility index (Phi) is 5.02. The number of nitrogens with zero attached hydrogens (tertiary/aromatic N) is 1. The van der Waals surface area contributed by atoms with E-state index in [1.807, 2.05) is 6.07 Å². The van der Waals surface area contributed by atoms with Crippen molar-refractivity contribution >= 4 is 40.7 Å². The minimum atomic E-state index is -0.522. The molecule has 0 heterocycles. The Morgan fingerprint density at radius 3 is 2.59 bits per heavy atom. The van der Waals surface area contributed by atoms with Crippen molar-refractivity contribution < 1.29 is 9.59 Å². The predicted octanol–water partition coefficient (Wildman–Crippen LogP) is 3.16. The highest BCUT2D eigenvalue weighted by atomic mass is 35.5. The summed E-state index contributed by atoms with van der Waals surface area (Å²) in [7, 11) is 1.65. The minimum absolute atomic E-state index is 0.392. The lowest BCUT2D eigenvalue weighted by Crippen LogP contribution is -2.15. The van der Waals surface area contributed by atoms with Gasteiger partial charge in [-0.1, -0.05) is 13.8 Å². The van der Waals surface area contributed by atoms with Gasteiger partial charge < -0.3 is 4.90 Å². The third-order valence-corrected chi connectivity index (χ3v) is 3.38. The molecular weight excluding hydrogens is 258 g/mol. The number of benzene rings is 1. The molecule has 5 heteroatoms. The van der Waals surface area contributed by atoms with Crippen LogP contribution in [0.1, 0.15) is 24.2 Å². The molecule has 1 rings (SSSR count). The maximum atomic E-state index is 11.1. The van der Waals surface area contributed by atoms with Crippen LogP contribution in [0.4, 0.5) is 5.69 Å². The summed E-state index contributed by atoms with van der Waals surface area (Å²) in [5.41, 5.74) is 1.09. The highest BCUT2D eigenvalue weighted by molar-refractivity contribution is 8.00. The van der Waals surface area contributed by atoms with Gasteiger partial charge in [0.15, 0.2) is 0 Å². The van der Waals surface area contributed by atoms with Crippen LogP contribution in [0.25, 0.3) is 0 Å². The minimum Gasteiger partial charge on any atom is -0.317 e. The van der Waals surface area contributed by atoms with Crippen molar-refractivity contribution in [3.63, 3.8) is 0 Å². The molecule has 0 radical (unpaired) electrons. The van der Waals surface area contributed by atoms with Gasteiger partial charge in [0.25, 0.3) is 5.24 Å². The van der Waals surface area contributed by atoms with Crippen LogP contribution in [0.2, 0.25) is 0 Å². The van der Waals surface area contributed by atoms with E-state index in [1.165, 1.54) is 4.90 Å². The molecule has 0 bridgehead atoms. The van der Waals surface area contributed by atoms with Gasteiger partial charge in [-0.15, -0.1) is 11.8 Å². The standard InChI is InChI=1S/C12H14ClNO2S/c1-8(2)17-11-5-4-9(12(13)16)6-10(11)14(3)7-15/h4-8H,1-3H3. The maximum absolute atomic E-state index is 11.1. The van der Waals surface area contributed by atoms with Crippen LogP contribution in [0.3, 0.4) is 0 Å².